The number of aromatic nitrogens is 3. The first-order valence-corrected chi connectivity index (χ1v) is 8.10. The van der Waals surface area contributed by atoms with Crippen LogP contribution in [-0.2, 0) is 17.1 Å². The van der Waals surface area contributed by atoms with Gasteiger partial charge in [0, 0.05) is 0 Å². The van der Waals surface area contributed by atoms with Crippen molar-refractivity contribution in [1.29, 1.82) is 0 Å². The maximum Gasteiger partial charge on any atom is 0.451 e. The number of nitrogens with one attached hydrogen (secondary N) is 3. The molecule has 2 aromatic rings. The van der Waals surface area contributed by atoms with E-state index in [1.807, 2.05) is 0 Å². The molecular formula is C15H14ClF6N5O. The van der Waals surface area contributed by atoms with Gasteiger partial charge in [-0.1, -0.05) is 25.4 Å². The van der Waals surface area contributed by atoms with Crippen molar-refractivity contribution in [3.63, 3.8) is 0 Å². The molecule has 3 N–H and O–H groups in total. The zero-order valence-corrected chi connectivity index (χ0v) is 15.1. The molecule has 1 atom stereocenters. The smallest absolute Gasteiger partial charge is 0.372 e. The lowest BCUT2D eigenvalue weighted by molar-refractivity contribution is -0.144. The molecule has 0 bridgehead atoms. The molecule has 0 saturated heterocycles. The monoisotopic (exact) mass is 429 g/mol. The lowest BCUT2D eigenvalue weighted by Crippen LogP contribution is -2.39. The van der Waals surface area contributed by atoms with Crippen LogP contribution in [0.25, 0.3) is 0 Å². The number of halogens is 7. The van der Waals surface area contributed by atoms with E-state index in [4.69, 9.17) is 11.6 Å². The summed E-state index contributed by atoms with van der Waals surface area (Å²) in [5.41, 5.74) is -0.913. The number of hydrogen-bond acceptors (Lipinski definition) is 4. The SMILES string of the molecule is CC(C)[C@H](Nc1ccc(C(F)(F)F)cc1Cl)C(=O)Nc1n[nH]c(C(F)(F)F)n1. The summed E-state index contributed by atoms with van der Waals surface area (Å²) in [5.74, 6) is -3.18. The molecule has 154 valence electrons. The van der Waals surface area contributed by atoms with E-state index in [1.165, 1.54) is 0 Å². The number of carbonyl (C=O) groups is 1. The van der Waals surface area contributed by atoms with Gasteiger partial charge in [0.15, 0.2) is 0 Å². The quantitative estimate of drug-likeness (QED) is 0.608. The summed E-state index contributed by atoms with van der Waals surface area (Å²) in [7, 11) is 0. The number of aromatic amines is 1. The number of benzene rings is 1. The number of nitrogens with zero attached hydrogens (tertiary/aromatic N) is 2. The third-order valence-corrected chi connectivity index (χ3v) is 3.86. The molecule has 0 aliphatic rings. The maximum absolute atomic E-state index is 12.7. The zero-order chi connectivity index (χ0) is 21.3. The summed E-state index contributed by atoms with van der Waals surface area (Å²) in [6, 6.07) is 1.50. The Hall–Kier alpha value is -2.50. The number of anilines is 2. The molecule has 6 nitrogen and oxygen atoms in total. The first-order valence-electron chi connectivity index (χ1n) is 7.72. The predicted octanol–water partition coefficient (Wildman–Crippen LogP) is 4.57. The number of carbonyl (C=O) groups excluding carboxylic acids is 1. The number of amides is 1. The fourth-order valence-corrected chi connectivity index (χ4v) is 2.38. The summed E-state index contributed by atoms with van der Waals surface area (Å²) in [6.45, 7) is 3.24. The lowest BCUT2D eigenvalue weighted by Gasteiger charge is -2.23. The van der Waals surface area contributed by atoms with Crippen molar-refractivity contribution in [3.8, 4) is 0 Å². The molecule has 0 fully saturated rings. The molecular weight excluding hydrogens is 416 g/mol. The summed E-state index contributed by atoms with van der Waals surface area (Å²) in [6.07, 6.45) is -9.35. The average Bonchev–Trinajstić information content (AvgIpc) is 3.00. The molecule has 0 saturated carbocycles. The van der Waals surface area contributed by atoms with Crippen molar-refractivity contribution in [2.45, 2.75) is 32.2 Å². The standard InChI is InChI=1S/C15H14ClF6N5O/c1-6(2)10(11(28)24-13-25-12(26-27-13)15(20,21)22)23-9-4-3-7(5-8(9)16)14(17,18)19/h3-6,10,23H,1-2H3,(H2,24,25,26,27,28)/t10-/m0/s1. The number of alkyl halides is 6. The molecule has 1 aromatic heterocycles. The van der Waals surface area contributed by atoms with Gasteiger partial charge >= 0.3 is 12.4 Å². The van der Waals surface area contributed by atoms with Gasteiger partial charge in [-0.15, -0.1) is 5.10 Å². The Kier molecular flexibility index (Phi) is 6.12. The third kappa shape index (κ3) is 5.27. The van der Waals surface area contributed by atoms with Crippen LogP contribution in [0, 0.1) is 5.92 Å². The van der Waals surface area contributed by atoms with Gasteiger partial charge in [0.25, 0.3) is 0 Å². The van der Waals surface area contributed by atoms with Gasteiger partial charge in [-0.2, -0.15) is 31.3 Å². The summed E-state index contributed by atoms with van der Waals surface area (Å²) in [4.78, 5) is 15.5. The van der Waals surface area contributed by atoms with Gasteiger partial charge in [0.05, 0.1) is 16.3 Å². The Bertz CT molecular complexity index is 848. The van der Waals surface area contributed by atoms with Gasteiger partial charge in [0.1, 0.15) is 6.04 Å². The van der Waals surface area contributed by atoms with Gasteiger partial charge in [-0.05, 0) is 24.1 Å². The van der Waals surface area contributed by atoms with E-state index >= 15 is 0 Å². The third-order valence-electron chi connectivity index (χ3n) is 3.55. The van der Waals surface area contributed by atoms with Gasteiger partial charge in [0.2, 0.25) is 17.7 Å². The number of H-pyrrole nitrogens is 1. The van der Waals surface area contributed by atoms with Crippen LogP contribution in [0.5, 0.6) is 0 Å². The number of hydrogen-bond donors (Lipinski definition) is 3. The van der Waals surface area contributed by atoms with E-state index in [2.05, 4.69) is 20.7 Å². The average molecular weight is 430 g/mol. The molecule has 2 rings (SSSR count). The Balaban J connectivity index is 2.17. The van der Waals surface area contributed by atoms with E-state index in [0.29, 0.717) is 6.07 Å². The van der Waals surface area contributed by atoms with Crippen molar-refractivity contribution in [3.05, 3.63) is 34.6 Å². The highest BCUT2D eigenvalue weighted by Crippen LogP contribution is 2.34. The lowest BCUT2D eigenvalue weighted by atomic mass is 10.0. The summed E-state index contributed by atoms with van der Waals surface area (Å²) >= 11 is 5.85. The van der Waals surface area contributed by atoms with E-state index < -0.39 is 47.6 Å². The van der Waals surface area contributed by atoms with E-state index in [0.717, 1.165) is 12.1 Å². The minimum Gasteiger partial charge on any atom is -0.372 e. The highest BCUT2D eigenvalue weighted by atomic mass is 35.5. The van der Waals surface area contributed by atoms with Crippen molar-refractivity contribution >= 4 is 29.1 Å². The van der Waals surface area contributed by atoms with Crippen LogP contribution < -0.4 is 10.6 Å². The van der Waals surface area contributed by atoms with Gasteiger partial charge < -0.3 is 5.32 Å². The van der Waals surface area contributed by atoms with Crippen molar-refractivity contribution in [2.75, 3.05) is 10.6 Å². The predicted molar refractivity (Wildman–Crippen MR) is 88.7 cm³/mol. The van der Waals surface area contributed by atoms with Crippen LogP contribution in [0.4, 0.5) is 38.0 Å². The molecule has 28 heavy (non-hydrogen) atoms. The first kappa shape index (κ1) is 21.8. The second-order valence-electron chi connectivity index (χ2n) is 6.05. The second-order valence-corrected chi connectivity index (χ2v) is 6.46. The van der Waals surface area contributed by atoms with E-state index in [-0.39, 0.29) is 10.7 Å². The minimum atomic E-state index is -4.76. The fourth-order valence-electron chi connectivity index (χ4n) is 2.14. The topological polar surface area (TPSA) is 82.7 Å². The van der Waals surface area contributed by atoms with Crippen LogP contribution in [0.1, 0.15) is 25.2 Å². The van der Waals surface area contributed by atoms with Crippen LogP contribution in [0.2, 0.25) is 5.02 Å². The second kappa shape index (κ2) is 7.86. The zero-order valence-electron chi connectivity index (χ0n) is 14.3. The normalized spacial score (nSPS) is 13.5. The molecule has 0 spiro atoms. The highest BCUT2D eigenvalue weighted by Gasteiger charge is 2.36. The van der Waals surface area contributed by atoms with E-state index in [9.17, 15) is 31.1 Å². The van der Waals surface area contributed by atoms with Crippen LogP contribution >= 0.6 is 11.6 Å². The summed E-state index contributed by atoms with van der Waals surface area (Å²) in [5, 5.41) is 9.43. The first-order chi connectivity index (χ1) is 12.8. The van der Waals surface area contributed by atoms with Gasteiger partial charge in [-0.3, -0.25) is 15.2 Å². The largest absolute Gasteiger partial charge is 0.451 e. The molecule has 0 radical (unpaired) electrons. The molecule has 1 aromatic carbocycles. The minimum absolute atomic E-state index is 0.0504. The highest BCUT2D eigenvalue weighted by molar-refractivity contribution is 6.33. The Morgan fingerprint density at radius 3 is 2.25 bits per heavy atom. The molecule has 13 heteroatoms. The fraction of sp³-hybridized carbons (Fsp3) is 0.400. The van der Waals surface area contributed by atoms with Crippen LogP contribution in [0.15, 0.2) is 18.2 Å². The van der Waals surface area contributed by atoms with Crippen molar-refractivity contribution < 1.29 is 31.1 Å². The summed E-state index contributed by atoms with van der Waals surface area (Å²) < 4.78 is 75.7. The molecule has 1 amide bonds. The number of rotatable bonds is 5. The van der Waals surface area contributed by atoms with Gasteiger partial charge in [-0.25, -0.2) is 0 Å². The molecule has 0 aliphatic carbocycles. The van der Waals surface area contributed by atoms with Crippen LogP contribution in [0.3, 0.4) is 0 Å². The molecule has 0 aliphatic heterocycles. The maximum atomic E-state index is 12.7. The van der Waals surface area contributed by atoms with E-state index in [1.54, 1.807) is 18.9 Å². The van der Waals surface area contributed by atoms with Crippen molar-refractivity contribution in [2.24, 2.45) is 5.92 Å². The Morgan fingerprint density at radius 2 is 1.79 bits per heavy atom. The van der Waals surface area contributed by atoms with Crippen molar-refractivity contribution in [1.82, 2.24) is 15.2 Å². The molecule has 1 heterocycles. The Labute approximate surface area is 159 Å². The van der Waals surface area contributed by atoms with Crippen LogP contribution in [-0.4, -0.2) is 27.1 Å². The Morgan fingerprint density at radius 1 is 1.14 bits per heavy atom. The molecule has 0 unspecified atom stereocenters.